The van der Waals surface area contributed by atoms with E-state index in [1.165, 1.54) is 12.0 Å². The summed E-state index contributed by atoms with van der Waals surface area (Å²) in [6, 6.07) is 9.40. The Bertz CT molecular complexity index is 548. The number of hydrogen-bond donors (Lipinski definition) is 0. The van der Waals surface area contributed by atoms with Crippen LogP contribution in [-0.4, -0.2) is 42.9 Å². The number of benzene rings is 1. The number of amides is 1. The van der Waals surface area contributed by atoms with Gasteiger partial charge in [0.1, 0.15) is 6.61 Å². The number of esters is 1. The minimum atomic E-state index is -1.37. The third-order valence-electron chi connectivity index (χ3n) is 4.15. The largest absolute Gasteiger partial charge is 0.462 e. The first-order chi connectivity index (χ1) is 11.6. The molecule has 0 radical (unpaired) electrons. The van der Waals surface area contributed by atoms with Crippen molar-refractivity contribution in [1.82, 2.24) is 4.90 Å². The second-order valence-corrected chi connectivity index (χ2v) is 5.77. The molecule has 1 atom stereocenters. The van der Waals surface area contributed by atoms with Crippen LogP contribution >= 0.6 is 0 Å². The van der Waals surface area contributed by atoms with Crippen molar-refractivity contribution < 1.29 is 23.8 Å². The first kappa shape index (κ1) is 18.3. The van der Waals surface area contributed by atoms with Crippen molar-refractivity contribution >= 4 is 12.1 Å². The smallest absolute Gasteiger partial charge is 0.412 e. The highest BCUT2D eigenvalue weighted by atomic mass is 16.6. The van der Waals surface area contributed by atoms with Crippen LogP contribution in [0.15, 0.2) is 30.3 Å². The molecule has 1 aliphatic heterocycles. The van der Waals surface area contributed by atoms with Gasteiger partial charge < -0.3 is 14.2 Å². The molecule has 1 fully saturated rings. The summed E-state index contributed by atoms with van der Waals surface area (Å²) in [5.41, 5.74) is -0.486. The number of nitrogens with zero attached hydrogens (tertiary/aromatic N) is 1. The fourth-order valence-corrected chi connectivity index (χ4v) is 2.76. The molecule has 6 nitrogen and oxygen atoms in total. The predicted molar refractivity (Wildman–Crippen MR) is 88.2 cm³/mol. The van der Waals surface area contributed by atoms with Crippen LogP contribution in [0.5, 0.6) is 0 Å². The van der Waals surface area contributed by atoms with E-state index in [1.807, 2.05) is 37.3 Å². The minimum absolute atomic E-state index is 0.154. The van der Waals surface area contributed by atoms with E-state index < -0.39 is 17.8 Å². The molecule has 0 spiro atoms. The third-order valence-corrected chi connectivity index (χ3v) is 4.15. The molecule has 0 bridgehead atoms. The second kappa shape index (κ2) is 8.68. The highest BCUT2D eigenvalue weighted by molar-refractivity contribution is 5.85. The standard InChI is InChI=1S/C18H25NO5/c1-3-4-13-23-16(20)18(22-2)11-8-12-19(18)17(21)24-14-15-9-6-5-7-10-15/h5-7,9-10H,3-4,8,11-14H2,1-2H3/t18-/m1/s1. The molecule has 1 aliphatic rings. The summed E-state index contributed by atoms with van der Waals surface area (Å²) in [4.78, 5) is 26.2. The fourth-order valence-electron chi connectivity index (χ4n) is 2.76. The molecule has 1 heterocycles. The van der Waals surface area contributed by atoms with Crippen LogP contribution in [0, 0.1) is 0 Å². The number of rotatable bonds is 7. The van der Waals surface area contributed by atoms with Gasteiger partial charge in [-0.1, -0.05) is 43.7 Å². The van der Waals surface area contributed by atoms with Crippen molar-refractivity contribution in [1.29, 1.82) is 0 Å². The summed E-state index contributed by atoms with van der Waals surface area (Å²) in [7, 11) is 1.42. The van der Waals surface area contributed by atoms with E-state index in [4.69, 9.17) is 14.2 Å². The van der Waals surface area contributed by atoms with Gasteiger partial charge in [0, 0.05) is 20.1 Å². The molecule has 1 saturated heterocycles. The van der Waals surface area contributed by atoms with Gasteiger partial charge in [-0.15, -0.1) is 0 Å². The van der Waals surface area contributed by atoms with E-state index in [9.17, 15) is 9.59 Å². The zero-order valence-electron chi connectivity index (χ0n) is 14.3. The van der Waals surface area contributed by atoms with Gasteiger partial charge in [0.05, 0.1) is 6.61 Å². The Morgan fingerprint density at radius 3 is 2.62 bits per heavy atom. The van der Waals surface area contributed by atoms with Crippen LogP contribution < -0.4 is 0 Å². The number of unbranched alkanes of at least 4 members (excludes halogenated alkanes) is 1. The molecule has 132 valence electrons. The first-order valence-corrected chi connectivity index (χ1v) is 8.34. The Balaban J connectivity index is 2.00. The average Bonchev–Trinajstić information content (AvgIpc) is 3.06. The van der Waals surface area contributed by atoms with Crippen LogP contribution in [0.4, 0.5) is 4.79 Å². The molecule has 0 aliphatic carbocycles. The molecule has 1 amide bonds. The number of carbonyl (C=O) groups excluding carboxylic acids is 2. The molecule has 6 heteroatoms. The maximum atomic E-state index is 12.5. The molecule has 2 rings (SSSR count). The Labute approximate surface area is 142 Å². The van der Waals surface area contributed by atoms with Crippen LogP contribution in [-0.2, 0) is 25.6 Å². The number of likely N-dealkylation sites (tertiary alicyclic amines) is 1. The highest BCUT2D eigenvalue weighted by Crippen LogP contribution is 2.32. The van der Waals surface area contributed by atoms with Crippen molar-refractivity contribution in [3.05, 3.63) is 35.9 Å². The van der Waals surface area contributed by atoms with E-state index in [0.717, 1.165) is 18.4 Å². The lowest BCUT2D eigenvalue weighted by Gasteiger charge is -2.33. The zero-order valence-corrected chi connectivity index (χ0v) is 14.3. The van der Waals surface area contributed by atoms with Gasteiger partial charge in [-0.25, -0.2) is 9.59 Å². The summed E-state index contributed by atoms with van der Waals surface area (Å²) in [5, 5.41) is 0. The molecule has 24 heavy (non-hydrogen) atoms. The minimum Gasteiger partial charge on any atom is -0.462 e. The van der Waals surface area contributed by atoms with Gasteiger partial charge in [-0.05, 0) is 18.4 Å². The van der Waals surface area contributed by atoms with Crippen LogP contribution in [0.2, 0.25) is 0 Å². The maximum absolute atomic E-state index is 12.5. The number of carbonyl (C=O) groups is 2. The van der Waals surface area contributed by atoms with Gasteiger partial charge in [0.2, 0.25) is 5.72 Å². The molecular weight excluding hydrogens is 310 g/mol. The van der Waals surface area contributed by atoms with Crippen LogP contribution in [0.1, 0.15) is 38.2 Å². The third kappa shape index (κ3) is 4.06. The summed E-state index contributed by atoms with van der Waals surface area (Å²) < 4.78 is 16.1. The van der Waals surface area contributed by atoms with Gasteiger partial charge in [0.25, 0.3) is 0 Å². The van der Waals surface area contributed by atoms with Crippen molar-refractivity contribution in [3.8, 4) is 0 Å². The summed E-state index contributed by atoms with van der Waals surface area (Å²) in [6.07, 6.45) is 2.22. The van der Waals surface area contributed by atoms with Gasteiger partial charge in [-0.3, -0.25) is 4.90 Å². The molecule has 0 aromatic heterocycles. The molecule has 0 saturated carbocycles. The molecule has 1 aromatic carbocycles. The fraction of sp³-hybridized carbons (Fsp3) is 0.556. The van der Waals surface area contributed by atoms with Crippen molar-refractivity contribution in [2.45, 2.75) is 44.9 Å². The van der Waals surface area contributed by atoms with E-state index in [-0.39, 0.29) is 6.61 Å². The van der Waals surface area contributed by atoms with E-state index in [0.29, 0.717) is 26.0 Å². The molecule has 0 N–H and O–H groups in total. The van der Waals surface area contributed by atoms with Gasteiger partial charge in [0.15, 0.2) is 0 Å². The van der Waals surface area contributed by atoms with E-state index in [2.05, 4.69) is 0 Å². The predicted octanol–water partition coefficient (Wildman–Crippen LogP) is 3.11. The second-order valence-electron chi connectivity index (χ2n) is 5.77. The maximum Gasteiger partial charge on any atom is 0.412 e. The Morgan fingerprint density at radius 2 is 1.96 bits per heavy atom. The van der Waals surface area contributed by atoms with E-state index in [1.54, 1.807) is 0 Å². The number of methoxy groups -OCH3 is 1. The van der Waals surface area contributed by atoms with Crippen molar-refractivity contribution in [2.24, 2.45) is 0 Å². The average molecular weight is 335 g/mol. The lowest BCUT2D eigenvalue weighted by molar-refractivity contribution is -0.186. The molecular formula is C18H25NO5. The van der Waals surface area contributed by atoms with Crippen molar-refractivity contribution in [3.63, 3.8) is 0 Å². The number of ether oxygens (including phenoxy) is 3. The highest BCUT2D eigenvalue weighted by Gasteiger charge is 2.52. The molecule has 0 unspecified atom stereocenters. The quantitative estimate of drug-likeness (QED) is 0.566. The number of hydrogen-bond acceptors (Lipinski definition) is 5. The topological polar surface area (TPSA) is 65.1 Å². The summed E-state index contributed by atoms with van der Waals surface area (Å²) >= 11 is 0. The normalized spacial score (nSPS) is 20.0. The Kier molecular flexibility index (Phi) is 6.61. The summed E-state index contributed by atoms with van der Waals surface area (Å²) in [6.45, 7) is 2.90. The zero-order chi connectivity index (χ0) is 17.4. The lowest BCUT2D eigenvalue weighted by Crippen LogP contribution is -2.55. The Morgan fingerprint density at radius 1 is 1.21 bits per heavy atom. The van der Waals surface area contributed by atoms with Gasteiger partial charge in [-0.2, -0.15) is 0 Å². The summed E-state index contributed by atoms with van der Waals surface area (Å²) in [5.74, 6) is -0.521. The van der Waals surface area contributed by atoms with E-state index >= 15 is 0 Å². The van der Waals surface area contributed by atoms with Crippen LogP contribution in [0.3, 0.4) is 0 Å². The van der Waals surface area contributed by atoms with Crippen LogP contribution in [0.25, 0.3) is 0 Å². The molecule has 1 aromatic rings. The monoisotopic (exact) mass is 335 g/mol. The van der Waals surface area contributed by atoms with Gasteiger partial charge >= 0.3 is 12.1 Å². The SMILES string of the molecule is CCCCOC(=O)[C@]1(OC)CCCN1C(=O)OCc1ccccc1. The van der Waals surface area contributed by atoms with Crippen molar-refractivity contribution in [2.75, 3.05) is 20.3 Å². The lowest BCUT2D eigenvalue weighted by atomic mass is 10.1. The first-order valence-electron chi connectivity index (χ1n) is 8.34. The Hall–Kier alpha value is -2.08.